The Kier molecular flexibility index (Phi) is 5.05. The number of hydrogen-bond donors (Lipinski definition) is 1. The van der Waals surface area contributed by atoms with Crippen LogP contribution in [0, 0.1) is 0 Å². The number of nitrogens with one attached hydrogen (secondary N) is 1. The van der Waals surface area contributed by atoms with Crippen molar-refractivity contribution in [2.45, 2.75) is 26.3 Å². The van der Waals surface area contributed by atoms with Crippen LogP contribution in [0.5, 0.6) is 11.5 Å². The van der Waals surface area contributed by atoms with Crippen LogP contribution in [-0.2, 0) is 6.54 Å². The summed E-state index contributed by atoms with van der Waals surface area (Å²) in [5.74, 6) is 1.99. The van der Waals surface area contributed by atoms with Crippen molar-refractivity contribution < 1.29 is 4.74 Å². The van der Waals surface area contributed by atoms with Crippen molar-refractivity contribution in [2.24, 2.45) is 0 Å². The lowest BCUT2D eigenvalue weighted by molar-refractivity contribution is 0.481. The summed E-state index contributed by atoms with van der Waals surface area (Å²) in [6.45, 7) is 5.13. The van der Waals surface area contributed by atoms with E-state index in [0.29, 0.717) is 16.7 Å². The van der Waals surface area contributed by atoms with Gasteiger partial charge in [0.15, 0.2) is 0 Å². The average molecular weight is 290 g/mol. The number of rotatable bonds is 5. The van der Waals surface area contributed by atoms with E-state index in [1.54, 1.807) is 0 Å². The molecule has 0 atom stereocenters. The zero-order valence-electron chi connectivity index (χ0n) is 12.1. The van der Waals surface area contributed by atoms with Crippen LogP contribution in [0.15, 0.2) is 42.5 Å². The minimum atomic E-state index is 0.479. The molecule has 2 nitrogen and oxygen atoms in total. The predicted octanol–water partition coefficient (Wildman–Crippen LogP) is 4.98. The van der Waals surface area contributed by atoms with Crippen LogP contribution in [0.25, 0.3) is 0 Å². The molecule has 0 aliphatic rings. The van der Waals surface area contributed by atoms with E-state index in [4.69, 9.17) is 16.3 Å². The molecular weight excluding hydrogens is 270 g/mol. The molecule has 2 aromatic carbocycles. The van der Waals surface area contributed by atoms with Crippen molar-refractivity contribution in [3.8, 4) is 11.5 Å². The molecule has 1 N–H and O–H groups in total. The Morgan fingerprint density at radius 3 is 2.60 bits per heavy atom. The third kappa shape index (κ3) is 3.75. The van der Waals surface area contributed by atoms with E-state index >= 15 is 0 Å². The molecule has 0 aliphatic heterocycles. The maximum Gasteiger partial charge on any atom is 0.146 e. The van der Waals surface area contributed by atoms with Crippen molar-refractivity contribution in [3.63, 3.8) is 0 Å². The van der Waals surface area contributed by atoms with Gasteiger partial charge < -0.3 is 10.1 Å². The van der Waals surface area contributed by atoms with Gasteiger partial charge in [0.05, 0.1) is 5.02 Å². The zero-order chi connectivity index (χ0) is 14.5. The maximum absolute atomic E-state index is 6.26. The summed E-state index contributed by atoms with van der Waals surface area (Å²) in [4.78, 5) is 0. The number of benzene rings is 2. The molecule has 3 heteroatoms. The third-order valence-electron chi connectivity index (χ3n) is 3.13. The number of halogens is 1. The fourth-order valence-electron chi connectivity index (χ4n) is 2.01. The highest BCUT2D eigenvalue weighted by molar-refractivity contribution is 6.32. The first-order valence-corrected chi connectivity index (χ1v) is 7.19. The SMILES string of the molecule is CNCc1ccc(Oc2cccc(C(C)C)c2)c(Cl)c1. The second kappa shape index (κ2) is 6.78. The van der Waals surface area contributed by atoms with Gasteiger partial charge in [0.2, 0.25) is 0 Å². The molecule has 0 spiro atoms. The molecule has 2 rings (SSSR count). The third-order valence-corrected chi connectivity index (χ3v) is 3.43. The van der Waals surface area contributed by atoms with Crippen LogP contribution in [0.2, 0.25) is 5.02 Å². The lowest BCUT2D eigenvalue weighted by atomic mass is 10.0. The van der Waals surface area contributed by atoms with Gasteiger partial charge >= 0.3 is 0 Å². The van der Waals surface area contributed by atoms with Crippen molar-refractivity contribution in [1.29, 1.82) is 0 Å². The predicted molar refractivity (Wildman–Crippen MR) is 84.8 cm³/mol. The van der Waals surface area contributed by atoms with Gasteiger partial charge in [0.1, 0.15) is 11.5 Å². The maximum atomic E-state index is 6.26. The van der Waals surface area contributed by atoms with Gasteiger partial charge in [-0.15, -0.1) is 0 Å². The Morgan fingerprint density at radius 2 is 1.95 bits per heavy atom. The van der Waals surface area contributed by atoms with Gasteiger partial charge in [-0.25, -0.2) is 0 Å². The van der Waals surface area contributed by atoms with Gasteiger partial charge in [0.25, 0.3) is 0 Å². The number of ether oxygens (including phenoxy) is 1. The van der Waals surface area contributed by atoms with Crippen LogP contribution >= 0.6 is 11.6 Å². The first-order valence-electron chi connectivity index (χ1n) is 6.81. The van der Waals surface area contributed by atoms with Crippen LogP contribution in [0.1, 0.15) is 30.9 Å². The fourth-order valence-corrected chi connectivity index (χ4v) is 2.25. The molecule has 0 saturated carbocycles. The molecule has 0 heterocycles. The van der Waals surface area contributed by atoms with Crippen LogP contribution in [-0.4, -0.2) is 7.05 Å². The molecule has 0 amide bonds. The molecule has 0 saturated heterocycles. The normalized spacial score (nSPS) is 10.8. The van der Waals surface area contributed by atoms with E-state index in [2.05, 4.69) is 31.3 Å². The lowest BCUT2D eigenvalue weighted by Gasteiger charge is -2.11. The first kappa shape index (κ1) is 14.9. The highest BCUT2D eigenvalue weighted by atomic mass is 35.5. The molecule has 20 heavy (non-hydrogen) atoms. The minimum Gasteiger partial charge on any atom is -0.456 e. The molecule has 0 radical (unpaired) electrons. The Hall–Kier alpha value is -1.51. The van der Waals surface area contributed by atoms with Gasteiger partial charge in [-0.3, -0.25) is 0 Å². The molecule has 0 bridgehead atoms. The smallest absolute Gasteiger partial charge is 0.146 e. The van der Waals surface area contributed by atoms with E-state index in [9.17, 15) is 0 Å². The van der Waals surface area contributed by atoms with Crippen LogP contribution in [0.4, 0.5) is 0 Å². The molecule has 0 fully saturated rings. The second-order valence-electron chi connectivity index (χ2n) is 5.12. The summed E-state index contributed by atoms with van der Waals surface area (Å²) in [6.07, 6.45) is 0. The Labute approximate surface area is 125 Å². The van der Waals surface area contributed by atoms with Crippen molar-refractivity contribution in [3.05, 3.63) is 58.6 Å². The molecule has 106 valence electrons. The van der Waals surface area contributed by atoms with Gasteiger partial charge in [-0.1, -0.05) is 43.6 Å². The van der Waals surface area contributed by atoms with E-state index in [0.717, 1.165) is 17.9 Å². The molecule has 0 unspecified atom stereocenters. The largest absolute Gasteiger partial charge is 0.456 e. The van der Waals surface area contributed by atoms with Crippen molar-refractivity contribution >= 4 is 11.6 Å². The van der Waals surface area contributed by atoms with E-state index < -0.39 is 0 Å². The molecule has 0 aliphatic carbocycles. The highest BCUT2D eigenvalue weighted by Gasteiger charge is 2.06. The lowest BCUT2D eigenvalue weighted by Crippen LogP contribution is -2.04. The second-order valence-corrected chi connectivity index (χ2v) is 5.53. The summed E-state index contributed by atoms with van der Waals surface area (Å²) in [7, 11) is 1.91. The monoisotopic (exact) mass is 289 g/mol. The Morgan fingerprint density at radius 1 is 1.15 bits per heavy atom. The first-order chi connectivity index (χ1) is 9.60. The summed E-state index contributed by atoms with van der Waals surface area (Å²) < 4.78 is 5.88. The van der Waals surface area contributed by atoms with E-state index in [1.165, 1.54) is 5.56 Å². The highest BCUT2D eigenvalue weighted by Crippen LogP contribution is 2.31. The average Bonchev–Trinajstić information content (AvgIpc) is 2.42. The minimum absolute atomic E-state index is 0.479. The summed E-state index contributed by atoms with van der Waals surface area (Å²) >= 11 is 6.26. The zero-order valence-corrected chi connectivity index (χ0v) is 12.9. The standard InChI is InChI=1S/C17H20ClNO/c1-12(2)14-5-4-6-15(10-14)20-17-8-7-13(11-19-3)9-16(17)18/h4-10,12,19H,11H2,1-3H3. The van der Waals surface area contributed by atoms with E-state index in [1.807, 2.05) is 37.4 Å². The van der Waals surface area contributed by atoms with Gasteiger partial charge in [-0.2, -0.15) is 0 Å². The summed E-state index contributed by atoms with van der Waals surface area (Å²) in [6, 6.07) is 14.0. The van der Waals surface area contributed by atoms with Gasteiger partial charge in [-0.05, 0) is 48.4 Å². The van der Waals surface area contributed by atoms with Crippen LogP contribution < -0.4 is 10.1 Å². The van der Waals surface area contributed by atoms with Crippen molar-refractivity contribution in [1.82, 2.24) is 5.32 Å². The van der Waals surface area contributed by atoms with Crippen LogP contribution in [0.3, 0.4) is 0 Å². The topological polar surface area (TPSA) is 21.3 Å². The van der Waals surface area contributed by atoms with E-state index in [-0.39, 0.29) is 0 Å². The number of hydrogen-bond acceptors (Lipinski definition) is 2. The summed E-state index contributed by atoms with van der Waals surface area (Å²) in [5, 5.41) is 3.73. The molecular formula is C17H20ClNO. The Bertz CT molecular complexity index is 581. The molecule has 2 aromatic rings. The molecule has 0 aromatic heterocycles. The fraction of sp³-hybridized carbons (Fsp3) is 0.294. The quantitative estimate of drug-likeness (QED) is 0.838. The van der Waals surface area contributed by atoms with Crippen molar-refractivity contribution in [2.75, 3.05) is 7.05 Å². The van der Waals surface area contributed by atoms with Gasteiger partial charge in [0, 0.05) is 6.54 Å². The Balaban J connectivity index is 2.19. The summed E-state index contributed by atoms with van der Waals surface area (Å²) in [5.41, 5.74) is 2.39.